The second-order valence-electron chi connectivity index (χ2n) is 7.13. The summed E-state index contributed by atoms with van der Waals surface area (Å²) in [5.41, 5.74) is 8.97. The maximum atomic E-state index is 2.38. The molecule has 0 atom stereocenters. The molecule has 0 fully saturated rings. The molecule has 130 valence electrons. The molecule has 1 heteroatoms. The third kappa shape index (κ3) is 2.72. The van der Waals surface area contributed by atoms with Crippen LogP contribution in [-0.2, 0) is 0 Å². The molecule has 4 aromatic rings. The summed E-state index contributed by atoms with van der Waals surface area (Å²) in [6, 6.07) is 28.2. The van der Waals surface area contributed by atoms with Crippen LogP contribution in [0.25, 0.3) is 34.3 Å². The normalized spacial score (nSPS) is 13.3. The van der Waals surface area contributed by atoms with Crippen LogP contribution in [-0.4, -0.2) is 4.57 Å². The second-order valence-corrected chi connectivity index (χ2v) is 7.13. The molecule has 1 aliphatic carbocycles. The topological polar surface area (TPSA) is 4.93 Å². The second kappa shape index (κ2) is 6.44. The standard InChI is InChI=1S/C26H21N/c1-19-14-16-20(17-15-19)21-8-7-13-26-24(18-21)23-11-5-6-12-25(23)27(26)22-9-3-2-4-10-22/h2-7,9-18H,8H2,1H3. The lowest BCUT2D eigenvalue weighted by Gasteiger charge is -2.08. The van der Waals surface area contributed by atoms with Crippen molar-refractivity contribution in [3.05, 3.63) is 107 Å². The number of benzene rings is 3. The molecule has 1 heterocycles. The van der Waals surface area contributed by atoms with Gasteiger partial charge in [-0.3, -0.25) is 0 Å². The van der Waals surface area contributed by atoms with Crippen molar-refractivity contribution < 1.29 is 0 Å². The summed E-state index contributed by atoms with van der Waals surface area (Å²) in [6.07, 6.45) is 7.89. The van der Waals surface area contributed by atoms with Crippen LogP contribution in [0.5, 0.6) is 0 Å². The Hall–Kier alpha value is -3.32. The number of hydrogen-bond acceptors (Lipinski definition) is 0. The Kier molecular flexibility index (Phi) is 3.79. The number of allylic oxidation sites excluding steroid dienone is 2. The number of fused-ring (bicyclic) bond motifs is 3. The number of rotatable bonds is 2. The van der Waals surface area contributed by atoms with E-state index in [0.29, 0.717) is 0 Å². The van der Waals surface area contributed by atoms with Crippen LogP contribution in [0, 0.1) is 6.92 Å². The smallest absolute Gasteiger partial charge is 0.0541 e. The quantitative estimate of drug-likeness (QED) is 0.372. The van der Waals surface area contributed by atoms with Gasteiger partial charge in [-0.15, -0.1) is 0 Å². The fourth-order valence-corrected chi connectivity index (χ4v) is 3.96. The van der Waals surface area contributed by atoms with Gasteiger partial charge >= 0.3 is 0 Å². The first kappa shape index (κ1) is 15.9. The fraction of sp³-hybridized carbons (Fsp3) is 0.0769. The third-order valence-electron chi connectivity index (χ3n) is 5.32. The summed E-state index contributed by atoms with van der Waals surface area (Å²) in [4.78, 5) is 0. The van der Waals surface area contributed by atoms with E-state index in [1.54, 1.807) is 0 Å². The van der Waals surface area contributed by atoms with Gasteiger partial charge in [-0.25, -0.2) is 0 Å². The molecule has 27 heavy (non-hydrogen) atoms. The molecule has 1 nitrogen and oxygen atoms in total. The van der Waals surface area contributed by atoms with Crippen LogP contribution in [0.3, 0.4) is 0 Å². The van der Waals surface area contributed by atoms with E-state index in [2.05, 4.69) is 109 Å². The minimum absolute atomic E-state index is 0.945. The average molecular weight is 347 g/mol. The molecule has 0 saturated carbocycles. The highest BCUT2D eigenvalue weighted by Gasteiger charge is 2.17. The van der Waals surface area contributed by atoms with Gasteiger partial charge in [0.2, 0.25) is 0 Å². The Balaban J connectivity index is 1.78. The molecule has 0 unspecified atom stereocenters. The van der Waals surface area contributed by atoms with E-state index in [-0.39, 0.29) is 0 Å². The van der Waals surface area contributed by atoms with Crippen molar-refractivity contribution in [3.8, 4) is 5.69 Å². The van der Waals surface area contributed by atoms with Crippen molar-refractivity contribution in [2.24, 2.45) is 0 Å². The Morgan fingerprint density at radius 3 is 2.33 bits per heavy atom. The van der Waals surface area contributed by atoms with Crippen molar-refractivity contribution in [3.63, 3.8) is 0 Å². The van der Waals surface area contributed by atoms with Gasteiger partial charge in [-0.1, -0.05) is 72.3 Å². The number of hydrogen-bond donors (Lipinski definition) is 0. The number of para-hydroxylation sites is 2. The lowest BCUT2D eigenvalue weighted by atomic mass is 9.99. The first-order chi connectivity index (χ1) is 13.3. The lowest BCUT2D eigenvalue weighted by molar-refractivity contribution is 1.10. The SMILES string of the molecule is Cc1ccc(C2=Cc3c(n(-c4ccccc4)c4ccccc34)C=CC2)cc1. The molecular formula is C26H21N. The first-order valence-corrected chi connectivity index (χ1v) is 9.44. The van der Waals surface area contributed by atoms with Gasteiger partial charge in [0.1, 0.15) is 0 Å². The van der Waals surface area contributed by atoms with Crippen LogP contribution < -0.4 is 0 Å². The van der Waals surface area contributed by atoms with Gasteiger partial charge in [0, 0.05) is 16.6 Å². The van der Waals surface area contributed by atoms with Gasteiger partial charge in [-0.05, 0) is 54.8 Å². The van der Waals surface area contributed by atoms with E-state index in [1.165, 1.54) is 44.5 Å². The molecule has 0 radical (unpaired) electrons. The Labute approximate surface area is 159 Å². The Morgan fingerprint density at radius 2 is 1.52 bits per heavy atom. The predicted octanol–water partition coefficient (Wildman–Crippen LogP) is 6.90. The summed E-state index contributed by atoms with van der Waals surface area (Å²) in [5.74, 6) is 0. The molecule has 0 amide bonds. The van der Waals surface area contributed by atoms with Crippen LogP contribution in [0.4, 0.5) is 0 Å². The van der Waals surface area contributed by atoms with Crippen molar-refractivity contribution in [1.82, 2.24) is 4.57 Å². The average Bonchev–Trinajstić information content (AvgIpc) is 2.86. The molecule has 5 rings (SSSR count). The maximum absolute atomic E-state index is 2.38. The third-order valence-corrected chi connectivity index (χ3v) is 5.32. The van der Waals surface area contributed by atoms with E-state index >= 15 is 0 Å². The van der Waals surface area contributed by atoms with Gasteiger partial charge < -0.3 is 4.57 Å². The molecule has 3 aromatic carbocycles. The lowest BCUT2D eigenvalue weighted by Crippen LogP contribution is -1.96. The highest BCUT2D eigenvalue weighted by molar-refractivity contribution is 6.00. The van der Waals surface area contributed by atoms with Crippen LogP contribution in [0.15, 0.2) is 84.9 Å². The van der Waals surface area contributed by atoms with Crippen molar-refractivity contribution in [1.29, 1.82) is 0 Å². The first-order valence-electron chi connectivity index (χ1n) is 9.44. The molecule has 0 spiro atoms. The molecule has 1 aromatic heterocycles. The van der Waals surface area contributed by atoms with Crippen molar-refractivity contribution >= 4 is 28.6 Å². The van der Waals surface area contributed by atoms with Gasteiger partial charge in [0.15, 0.2) is 0 Å². The Bertz CT molecular complexity index is 1170. The van der Waals surface area contributed by atoms with Crippen LogP contribution in [0.2, 0.25) is 0 Å². The summed E-state index contributed by atoms with van der Waals surface area (Å²) in [5, 5.41) is 1.30. The molecule has 0 bridgehead atoms. The van der Waals surface area contributed by atoms with Gasteiger partial charge in [0.05, 0.1) is 11.2 Å². The van der Waals surface area contributed by atoms with E-state index < -0.39 is 0 Å². The Morgan fingerprint density at radius 1 is 0.778 bits per heavy atom. The molecular weight excluding hydrogens is 326 g/mol. The predicted molar refractivity (Wildman–Crippen MR) is 116 cm³/mol. The molecule has 0 aliphatic heterocycles. The summed E-state index contributed by atoms with van der Waals surface area (Å²) in [6.45, 7) is 2.14. The van der Waals surface area contributed by atoms with E-state index in [4.69, 9.17) is 0 Å². The van der Waals surface area contributed by atoms with Crippen molar-refractivity contribution in [2.45, 2.75) is 13.3 Å². The van der Waals surface area contributed by atoms with Gasteiger partial charge in [0.25, 0.3) is 0 Å². The van der Waals surface area contributed by atoms with Crippen LogP contribution >= 0.6 is 0 Å². The molecule has 0 saturated heterocycles. The highest BCUT2D eigenvalue weighted by atomic mass is 15.0. The highest BCUT2D eigenvalue weighted by Crippen LogP contribution is 2.36. The maximum Gasteiger partial charge on any atom is 0.0541 e. The fourth-order valence-electron chi connectivity index (χ4n) is 3.96. The minimum atomic E-state index is 0.945. The summed E-state index contributed by atoms with van der Waals surface area (Å²) in [7, 11) is 0. The largest absolute Gasteiger partial charge is 0.309 e. The summed E-state index contributed by atoms with van der Waals surface area (Å²) < 4.78 is 2.37. The number of aromatic nitrogens is 1. The van der Waals surface area contributed by atoms with E-state index in [0.717, 1.165) is 6.42 Å². The number of aryl methyl sites for hydroxylation is 1. The van der Waals surface area contributed by atoms with Crippen LogP contribution in [0.1, 0.15) is 28.8 Å². The minimum Gasteiger partial charge on any atom is -0.309 e. The van der Waals surface area contributed by atoms with Crippen molar-refractivity contribution in [2.75, 3.05) is 0 Å². The zero-order valence-electron chi connectivity index (χ0n) is 15.4. The zero-order chi connectivity index (χ0) is 18.2. The van der Waals surface area contributed by atoms with E-state index in [9.17, 15) is 0 Å². The zero-order valence-corrected chi connectivity index (χ0v) is 15.4. The molecule has 0 N–H and O–H groups in total. The number of nitrogens with zero attached hydrogens (tertiary/aromatic N) is 1. The molecule has 1 aliphatic rings. The monoisotopic (exact) mass is 347 g/mol. The van der Waals surface area contributed by atoms with Gasteiger partial charge in [-0.2, -0.15) is 0 Å². The van der Waals surface area contributed by atoms with E-state index in [1.807, 2.05) is 0 Å². The summed E-state index contributed by atoms with van der Waals surface area (Å²) >= 11 is 0.